The molecule has 5 rings (SSSR count). The predicted octanol–water partition coefficient (Wildman–Crippen LogP) is 4.40. The van der Waals surface area contributed by atoms with E-state index < -0.39 is 0 Å². The van der Waals surface area contributed by atoms with Gasteiger partial charge < -0.3 is 4.74 Å². The first-order chi connectivity index (χ1) is 13.2. The molecule has 2 aromatic rings. The molecule has 0 unspecified atom stereocenters. The van der Waals surface area contributed by atoms with Gasteiger partial charge in [0.2, 0.25) is 0 Å². The van der Waals surface area contributed by atoms with E-state index >= 15 is 0 Å². The van der Waals surface area contributed by atoms with Crippen LogP contribution in [-0.4, -0.2) is 46.0 Å². The summed E-state index contributed by atoms with van der Waals surface area (Å²) in [6.07, 6.45) is 10.5. The van der Waals surface area contributed by atoms with E-state index in [0.717, 1.165) is 31.2 Å². The largest absolute Gasteiger partial charge is 0.378 e. The van der Waals surface area contributed by atoms with E-state index in [2.05, 4.69) is 46.7 Å². The van der Waals surface area contributed by atoms with Gasteiger partial charge in [-0.05, 0) is 68.9 Å². The molecule has 0 N–H and O–H groups in total. The molecule has 3 heterocycles. The van der Waals surface area contributed by atoms with Gasteiger partial charge in [0.05, 0.1) is 17.8 Å². The van der Waals surface area contributed by atoms with Crippen LogP contribution in [-0.2, 0) is 11.3 Å². The minimum absolute atomic E-state index is 0.521. The number of rotatable bonds is 7. The quantitative estimate of drug-likeness (QED) is 0.726. The summed E-state index contributed by atoms with van der Waals surface area (Å²) in [5.41, 5.74) is 2.58. The molecule has 0 spiro atoms. The van der Waals surface area contributed by atoms with Gasteiger partial charge in [0.15, 0.2) is 0 Å². The van der Waals surface area contributed by atoms with Crippen molar-refractivity contribution in [2.75, 3.05) is 13.2 Å². The number of hydrogen-bond acceptors (Lipinski definition) is 3. The molecule has 2 saturated heterocycles. The third-order valence-corrected chi connectivity index (χ3v) is 6.91. The molecule has 0 amide bonds. The van der Waals surface area contributed by atoms with Gasteiger partial charge >= 0.3 is 0 Å². The Morgan fingerprint density at radius 2 is 1.89 bits per heavy atom. The molecule has 3 fully saturated rings. The summed E-state index contributed by atoms with van der Waals surface area (Å²) >= 11 is 0. The Morgan fingerprint density at radius 3 is 2.63 bits per heavy atom. The Morgan fingerprint density at radius 1 is 1.11 bits per heavy atom. The predicted molar refractivity (Wildman–Crippen MR) is 109 cm³/mol. The number of piperidine rings is 1. The Labute approximate surface area is 162 Å². The Hall–Kier alpha value is -1.39. The molecule has 1 aromatic heterocycles. The molecular weight excluding hydrogens is 334 g/mol. The summed E-state index contributed by atoms with van der Waals surface area (Å²) in [6, 6.07) is 8.11. The molecule has 1 saturated carbocycles. The highest BCUT2D eigenvalue weighted by Gasteiger charge is 2.41. The van der Waals surface area contributed by atoms with Crippen LogP contribution in [0.3, 0.4) is 0 Å². The van der Waals surface area contributed by atoms with E-state index in [1.165, 1.54) is 61.5 Å². The zero-order valence-electron chi connectivity index (χ0n) is 16.8. The number of aryl methyl sites for hydroxylation is 1. The van der Waals surface area contributed by atoms with Crippen molar-refractivity contribution in [1.29, 1.82) is 0 Å². The van der Waals surface area contributed by atoms with Crippen LogP contribution in [0.15, 0.2) is 24.4 Å². The number of fused-ring (bicyclic) bond motifs is 3. The summed E-state index contributed by atoms with van der Waals surface area (Å²) in [5.74, 6) is 1.49. The molecule has 146 valence electrons. The normalized spacial score (nSPS) is 29.5. The molecule has 1 aromatic carbocycles. The van der Waals surface area contributed by atoms with E-state index in [1.807, 2.05) is 6.20 Å². The second-order valence-electron chi connectivity index (χ2n) is 9.45. The summed E-state index contributed by atoms with van der Waals surface area (Å²) in [5, 5.41) is 5.91. The maximum absolute atomic E-state index is 6.24. The fraction of sp³-hybridized carbons (Fsp3) is 0.696. The average Bonchev–Trinajstić information content (AvgIpc) is 3.37. The molecule has 4 heteroatoms. The minimum Gasteiger partial charge on any atom is -0.378 e. The molecule has 4 nitrogen and oxygen atoms in total. The van der Waals surface area contributed by atoms with Gasteiger partial charge in [0.1, 0.15) is 0 Å². The SMILES string of the molecule is Cc1ccc2cnn(C[C@H](C)CN3[C@H]4CC[C@H]3CC(OCC3CC3)C4)c2c1. The molecular formula is C23H33N3O. The topological polar surface area (TPSA) is 30.3 Å². The highest BCUT2D eigenvalue weighted by Crippen LogP contribution is 2.38. The first kappa shape index (κ1) is 17.7. The zero-order chi connectivity index (χ0) is 18.4. The van der Waals surface area contributed by atoms with E-state index in [-0.39, 0.29) is 0 Å². The van der Waals surface area contributed by atoms with Gasteiger partial charge in [-0.25, -0.2) is 0 Å². The van der Waals surface area contributed by atoms with E-state index in [4.69, 9.17) is 4.74 Å². The van der Waals surface area contributed by atoms with Gasteiger partial charge in [0, 0.05) is 37.2 Å². The third-order valence-electron chi connectivity index (χ3n) is 6.91. The highest BCUT2D eigenvalue weighted by atomic mass is 16.5. The smallest absolute Gasteiger partial charge is 0.0685 e. The third kappa shape index (κ3) is 3.79. The first-order valence-electron chi connectivity index (χ1n) is 10.9. The number of ether oxygens (including phenoxy) is 1. The molecule has 27 heavy (non-hydrogen) atoms. The monoisotopic (exact) mass is 367 g/mol. The van der Waals surface area contributed by atoms with Crippen LogP contribution in [0.1, 0.15) is 51.0 Å². The second-order valence-corrected chi connectivity index (χ2v) is 9.45. The fourth-order valence-corrected chi connectivity index (χ4v) is 5.25. The molecule has 2 aliphatic heterocycles. The highest BCUT2D eigenvalue weighted by molar-refractivity contribution is 5.79. The van der Waals surface area contributed by atoms with Gasteiger partial charge in [-0.3, -0.25) is 9.58 Å². The lowest BCUT2D eigenvalue weighted by Gasteiger charge is -2.40. The maximum atomic E-state index is 6.24. The van der Waals surface area contributed by atoms with Crippen molar-refractivity contribution in [3.63, 3.8) is 0 Å². The van der Waals surface area contributed by atoms with Crippen molar-refractivity contribution in [3.8, 4) is 0 Å². The van der Waals surface area contributed by atoms with Gasteiger partial charge in [0.25, 0.3) is 0 Å². The average molecular weight is 368 g/mol. The molecule has 3 atom stereocenters. The zero-order valence-corrected chi connectivity index (χ0v) is 16.8. The van der Waals surface area contributed by atoms with Crippen molar-refractivity contribution in [3.05, 3.63) is 30.0 Å². The first-order valence-corrected chi connectivity index (χ1v) is 10.9. The summed E-state index contributed by atoms with van der Waals surface area (Å²) in [7, 11) is 0. The van der Waals surface area contributed by atoms with E-state index in [0.29, 0.717) is 12.0 Å². The van der Waals surface area contributed by atoms with Crippen LogP contribution in [0.25, 0.3) is 10.9 Å². The number of aromatic nitrogens is 2. The van der Waals surface area contributed by atoms with E-state index in [9.17, 15) is 0 Å². The Kier molecular flexibility index (Phi) is 4.73. The van der Waals surface area contributed by atoms with Crippen LogP contribution in [0.4, 0.5) is 0 Å². The number of benzene rings is 1. The van der Waals surface area contributed by atoms with Crippen molar-refractivity contribution in [2.45, 2.75) is 77.1 Å². The lowest BCUT2D eigenvalue weighted by atomic mass is 9.98. The van der Waals surface area contributed by atoms with Crippen LogP contribution < -0.4 is 0 Å². The van der Waals surface area contributed by atoms with Crippen LogP contribution in [0.2, 0.25) is 0 Å². The van der Waals surface area contributed by atoms with E-state index in [1.54, 1.807) is 0 Å². The van der Waals surface area contributed by atoms with Crippen LogP contribution in [0, 0.1) is 18.8 Å². The van der Waals surface area contributed by atoms with Crippen molar-refractivity contribution >= 4 is 10.9 Å². The van der Waals surface area contributed by atoms with Gasteiger partial charge in [-0.1, -0.05) is 19.1 Å². The molecule has 3 aliphatic rings. The molecule has 2 bridgehead atoms. The maximum Gasteiger partial charge on any atom is 0.0685 e. The Bertz CT molecular complexity index is 782. The van der Waals surface area contributed by atoms with Crippen LogP contribution >= 0.6 is 0 Å². The minimum atomic E-state index is 0.521. The lowest BCUT2D eigenvalue weighted by Crippen LogP contribution is -2.47. The second kappa shape index (κ2) is 7.21. The molecule has 1 aliphatic carbocycles. The number of hydrogen-bond donors (Lipinski definition) is 0. The van der Waals surface area contributed by atoms with Crippen molar-refractivity contribution in [2.24, 2.45) is 11.8 Å². The van der Waals surface area contributed by atoms with Gasteiger partial charge in [-0.15, -0.1) is 0 Å². The summed E-state index contributed by atoms with van der Waals surface area (Å²) in [4.78, 5) is 2.80. The summed E-state index contributed by atoms with van der Waals surface area (Å²) in [6.45, 7) is 7.76. The van der Waals surface area contributed by atoms with Crippen molar-refractivity contribution < 1.29 is 4.74 Å². The van der Waals surface area contributed by atoms with Crippen molar-refractivity contribution in [1.82, 2.24) is 14.7 Å². The lowest BCUT2D eigenvalue weighted by molar-refractivity contribution is -0.0276. The molecule has 0 radical (unpaired) electrons. The summed E-state index contributed by atoms with van der Waals surface area (Å²) < 4.78 is 8.45. The standard InChI is InChI=1S/C23H33N3O/c1-16-3-6-19-12-24-26(23(19)9-16)14-17(2)13-25-20-7-8-21(25)11-22(10-20)27-15-18-4-5-18/h3,6,9,12,17-18,20-22H,4-5,7-8,10-11,13-15H2,1-2H3/t17-,20+,21+/m1/s1. The van der Waals surface area contributed by atoms with Crippen LogP contribution in [0.5, 0.6) is 0 Å². The fourth-order valence-electron chi connectivity index (χ4n) is 5.25. The van der Waals surface area contributed by atoms with Gasteiger partial charge in [-0.2, -0.15) is 5.10 Å². The number of nitrogens with zero attached hydrogens (tertiary/aromatic N) is 3. The Balaban J connectivity index is 1.19.